The standard InChI is InChI=1S/C16H22/c1-6-14(12(3)4)15(7-2)16-11-9-8-10-13(16)5/h7-11H,6H2,1-5H3/b15-7+. The third-order valence-corrected chi connectivity index (χ3v) is 3.01. The van der Waals surface area contributed by atoms with Crippen molar-refractivity contribution in [2.45, 2.75) is 41.0 Å². The van der Waals surface area contributed by atoms with Crippen LogP contribution in [0.3, 0.4) is 0 Å². The minimum atomic E-state index is 1.09. The molecule has 0 aliphatic rings. The van der Waals surface area contributed by atoms with Crippen molar-refractivity contribution < 1.29 is 0 Å². The number of hydrogen-bond acceptors (Lipinski definition) is 0. The number of aryl methyl sites for hydroxylation is 1. The summed E-state index contributed by atoms with van der Waals surface area (Å²) < 4.78 is 0. The molecule has 1 rings (SSSR count). The molecule has 86 valence electrons. The van der Waals surface area contributed by atoms with Gasteiger partial charge in [0.15, 0.2) is 0 Å². The fourth-order valence-corrected chi connectivity index (χ4v) is 2.18. The highest BCUT2D eigenvalue weighted by Gasteiger charge is 2.08. The van der Waals surface area contributed by atoms with Crippen LogP contribution in [0.4, 0.5) is 0 Å². The molecule has 0 saturated heterocycles. The topological polar surface area (TPSA) is 0 Å². The molecule has 0 aliphatic carbocycles. The van der Waals surface area contributed by atoms with Gasteiger partial charge >= 0.3 is 0 Å². The van der Waals surface area contributed by atoms with Gasteiger partial charge in [-0.25, -0.2) is 0 Å². The van der Waals surface area contributed by atoms with Crippen LogP contribution in [-0.2, 0) is 0 Å². The molecule has 0 amide bonds. The molecule has 0 aromatic heterocycles. The van der Waals surface area contributed by atoms with E-state index in [0.717, 1.165) is 6.42 Å². The summed E-state index contributed by atoms with van der Waals surface area (Å²) in [7, 11) is 0. The molecule has 0 nitrogen and oxygen atoms in total. The Hall–Kier alpha value is -1.30. The third-order valence-electron chi connectivity index (χ3n) is 3.01. The van der Waals surface area contributed by atoms with Gasteiger partial charge in [-0.15, -0.1) is 0 Å². The Morgan fingerprint density at radius 3 is 2.25 bits per heavy atom. The van der Waals surface area contributed by atoms with Gasteiger partial charge in [0.1, 0.15) is 0 Å². The highest BCUT2D eigenvalue weighted by atomic mass is 14.1. The molecule has 0 fully saturated rings. The largest absolute Gasteiger partial charge is 0.0795 e. The maximum Gasteiger partial charge on any atom is -0.0155 e. The Kier molecular flexibility index (Phi) is 4.54. The first kappa shape index (κ1) is 12.8. The second kappa shape index (κ2) is 5.69. The van der Waals surface area contributed by atoms with Crippen LogP contribution < -0.4 is 0 Å². The molecule has 0 aliphatic heterocycles. The molecule has 0 radical (unpaired) electrons. The monoisotopic (exact) mass is 214 g/mol. The van der Waals surface area contributed by atoms with Gasteiger partial charge in [-0.2, -0.15) is 0 Å². The van der Waals surface area contributed by atoms with Crippen molar-refractivity contribution in [1.82, 2.24) is 0 Å². The molecule has 0 saturated carbocycles. The van der Waals surface area contributed by atoms with Gasteiger partial charge in [-0.05, 0) is 56.4 Å². The molecule has 0 spiro atoms. The van der Waals surface area contributed by atoms with Crippen molar-refractivity contribution in [3.8, 4) is 0 Å². The lowest BCUT2D eigenvalue weighted by atomic mass is 9.90. The van der Waals surface area contributed by atoms with Crippen molar-refractivity contribution in [2.24, 2.45) is 0 Å². The molecule has 0 heterocycles. The van der Waals surface area contributed by atoms with Crippen LogP contribution in [0.15, 0.2) is 41.5 Å². The summed E-state index contributed by atoms with van der Waals surface area (Å²) in [5.41, 5.74) is 6.99. The number of rotatable bonds is 3. The summed E-state index contributed by atoms with van der Waals surface area (Å²) in [6.45, 7) is 10.9. The number of benzene rings is 1. The average molecular weight is 214 g/mol. The minimum absolute atomic E-state index is 1.09. The van der Waals surface area contributed by atoms with E-state index in [9.17, 15) is 0 Å². The highest BCUT2D eigenvalue weighted by molar-refractivity contribution is 5.80. The maximum absolute atomic E-state index is 2.23. The first-order valence-corrected chi connectivity index (χ1v) is 6.00. The molecule has 1 aromatic carbocycles. The van der Waals surface area contributed by atoms with Crippen LogP contribution >= 0.6 is 0 Å². The lowest BCUT2D eigenvalue weighted by Crippen LogP contribution is -1.94. The molecule has 0 atom stereocenters. The SMILES string of the molecule is C/C=C(\C(CC)=C(C)C)c1ccccc1C. The van der Waals surface area contributed by atoms with E-state index >= 15 is 0 Å². The van der Waals surface area contributed by atoms with Crippen LogP contribution in [0.2, 0.25) is 0 Å². The maximum atomic E-state index is 2.23. The van der Waals surface area contributed by atoms with E-state index in [-0.39, 0.29) is 0 Å². The molecule has 0 N–H and O–H groups in total. The Balaban J connectivity index is 3.31. The van der Waals surface area contributed by atoms with Gasteiger partial charge in [0, 0.05) is 0 Å². The van der Waals surface area contributed by atoms with Gasteiger partial charge < -0.3 is 0 Å². The highest BCUT2D eigenvalue weighted by Crippen LogP contribution is 2.29. The molecule has 0 unspecified atom stereocenters. The third kappa shape index (κ3) is 2.63. The van der Waals surface area contributed by atoms with Crippen molar-refractivity contribution >= 4 is 5.57 Å². The molecular weight excluding hydrogens is 192 g/mol. The summed E-state index contributed by atoms with van der Waals surface area (Å²) >= 11 is 0. The van der Waals surface area contributed by atoms with Crippen LogP contribution in [0.1, 0.15) is 45.2 Å². The van der Waals surface area contributed by atoms with E-state index in [1.165, 1.54) is 27.8 Å². The average Bonchev–Trinajstić information content (AvgIpc) is 2.26. The van der Waals surface area contributed by atoms with E-state index in [1.54, 1.807) is 0 Å². The summed E-state index contributed by atoms with van der Waals surface area (Å²) in [5.74, 6) is 0. The van der Waals surface area contributed by atoms with Gasteiger partial charge in [0.05, 0.1) is 0 Å². The van der Waals surface area contributed by atoms with E-state index < -0.39 is 0 Å². The Labute approximate surface area is 99.7 Å². The van der Waals surface area contributed by atoms with Gasteiger partial charge in [-0.1, -0.05) is 42.8 Å². The normalized spacial score (nSPS) is 11.4. The molecule has 1 aromatic rings. The van der Waals surface area contributed by atoms with Crippen molar-refractivity contribution in [3.05, 3.63) is 52.6 Å². The summed E-state index contributed by atoms with van der Waals surface area (Å²) in [4.78, 5) is 0. The van der Waals surface area contributed by atoms with Crippen molar-refractivity contribution in [2.75, 3.05) is 0 Å². The molecule has 0 heteroatoms. The molecule has 16 heavy (non-hydrogen) atoms. The fraction of sp³-hybridized carbons (Fsp3) is 0.375. The van der Waals surface area contributed by atoms with Crippen molar-refractivity contribution in [3.63, 3.8) is 0 Å². The first-order valence-electron chi connectivity index (χ1n) is 6.00. The van der Waals surface area contributed by atoms with Gasteiger partial charge in [-0.3, -0.25) is 0 Å². The minimum Gasteiger partial charge on any atom is -0.0795 e. The zero-order chi connectivity index (χ0) is 12.1. The van der Waals surface area contributed by atoms with E-state index in [1.807, 2.05) is 0 Å². The second-order valence-corrected chi connectivity index (χ2v) is 4.35. The quantitative estimate of drug-likeness (QED) is 0.611. The summed E-state index contributed by atoms with van der Waals surface area (Å²) in [6, 6.07) is 8.60. The number of hydrogen-bond donors (Lipinski definition) is 0. The van der Waals surface area contributed by atoms with Gasteiger partial charge in [0.25, 0.3) is 0 Å². The smallest absolute Gasteiger partial charge is 0.0155 e. The predicted octanol–water partition coefficient (Wildman–Crippen LogP) is 5.14. The van der Waals surface area contributed by atoms with Gasteiger partial charge in [0.2, 0.25) is 0 Å². The Morgan fingerprint density at radius 1 is 1.19 bits per heavy atom. The lowest BCUT2D eigenvalue weighted by Gasteiger charge is -2.15. The van der Waals surface area contributed by atoms with Crippen LogP contribution in [-0.4, -0.2) is 0 Å². The zero-order valence-corrected chi connectivity index (χ0v) is 11.1. The first-order chi connectivity index (χ1) is 7.61. The van der Waals surface area contributed by atoms with E-state index in [0.29, 0.717) is 0 Å². The van der Waals surface area contributed by atoms with E-state index in [4.69, 9.17) is 0 Å². The van der Waals surface area contributed by atoms with E-state index in [2.05, 4.69) is 65.0 Å². The summed E-state index contributed by atoms with van der Waals surface area (Å²) in [6.07, 6.45) is 3.32. The lowest BCUT2D eigenvalue weighted by molar-refractivity contribution is 1.10. The summed E-state index contributed by atoms with van der Waals surface area (Å²) in [5, 5.41) is 0. The molecule has 0 bridgehead atoms. The van der Waals surface area contributed by atoms with Crippen LogP contribution in [0.5, 0.6) is 0 Å². The second-order valence-electron chi connectivity index (χ2n) is 4.35. The fourth-order valence-electron chi connectivity index (χ4n) is 2.18. The van der Waals surface area contributed by atoms with Crippen LogP contribution in [0.25, 0.3) is 5.57 Å². The Morgan fingerprint density at radius 2 is 1.81 bits per heavy atom. The van der Waals surface area contributed by atoms with Crippen molar-refractivity contribution in [1.29, 1.82) is 0 Å². The molecular formula is C16H22. The number of allylic oxidation sites excluding steroid dienone is 4. The predicted molar refractivity (Wildman–Crippen MR) is 73.5 cm³/mol. The zero-order valence-electron chi connectivity index (χ0n) is 11.1. The Bertz CT molecular complexity index is 415. The van der Waals surface area contributed by atoms with Crippen LogP contribution in [0, 0.1) is 6.92 Å².